The Balaban J connectivity index is 2.11. The van der Waals surface area contributed by atoms with Gasteiger partial charge in [-0.3, -0.25) is 4.79 Å². The van der Waals surface area contributed by atoms with Crippen LogP contribution in [-0.4, -0.2) is 19.1 Å². The van der Waals surface area contributed by atoms with Crippen molar-refractivity contribution in [2.75, 3.05) is 18.1 Å². The van der Waals surface area contributed by atoms with E-state index in [0.29, 0.717) is 12.5 Å². The summed E-state index contributed by atoms with van der Waals surface area (Å²) in [6, 6.07) is 12.4. The van der Waals surface area contributed by atoms with Crippen LogP contribution >= 0.6 is 0 Å². The van der Waals surface area contributed by atoms with E-state index in [1.165, 1.54) is 5.56 Å². The molecule has 0 saturated heterocycles. The van der Waals surface area contributed by atoms with E-state index in [1.807, 2.05) is 42.2 Å². The van der Waals surface area contributed by atoms with Gasteiger partial charge in [-0.1, -0.05) is 39.0 Å². The molecule has 1 aliphatic heterocycles. The van der Waals surface area contributed by atoms with Crippen LogP contribution < -0.4 is 9.64 Å². The van der Waals surface area contributed by atoms with E-state index in [2.05, 4.69) is 39.8 Å². The second-order valence-electron chi connectivity index (χ2n) is 7.37. The van der Waals surface area contributed by atoms with Crippen molar-refractivity contribution in [3.63, 3.8) is 0 Å². The highest BCUT2D eigenvalue weighted by molar-refractivity contribution is 6.35. The van der Waals surface area contributed by atoms with Crippen LogP contribution in [0.25, 0.3) is 11.6 Å². The molecule has 2 aromatic rings. The molecule has 3 nitrogen and oxygen atoms in total. The number of carbonyl (C=O) groups excluding carboxylic acids is 1. The molecule has 0 unspecified atom stereocenters. The highest BCUT2D eigenvalue weighted by Crippen LogP contribution is 2.39. The molecular weight excluding hydrogens is 334 g/mol. The van der Waals surface area contributed by atoms with Gasteiger partial charge in [-0.05, 0) is 67.2 Å². The van der Waals surface area contributed by atoms with Crippen molar-refractivity contribution in [3.8, 4) is 5.75 Å². The second-order valence-corrected chi connectivity index (χ2v) is 7.37. The highest BCUT2D eigenvalue weighted by Gasteiger charge is 2.31. The number of hydrogen-bond acceptors (Lipinski definition) is 2. The molecular formula is C24H29NO2. The topological polar surface area (TPSA) is 29.5 Å². The van der Waals surface area contributed by atoms with Crippen molar-refractivity contribution in [1.29, 1.82) is 0 Å². The summed E-state index contributed by atoms with van der Waals surface area (Å²) < 4.78 is 5.83. The third kappa shape index (κ3) is 3.64. The number of ether oxygens (including phenoxy) is 1. The molecule has 3 heteroatoms. The molecule has 142 valence electrons. The Morgan fingerprint density at radius 1 is 1.15 bits per heavy atom. The van der Waals surface area contributed by atoms with E-state index >= 15 is 0 Å². The summed E-state index contributed by atoms with van der Waals surface area (Å²) in [5.41, 5.74) is 6.20. The molecule has 0 N–H and O–H groups in total. The molecule has 0 fully saturated rings. The Kier molecular flexibility index (Phi) is 5.69. The first-order chi connectivity index (χ1) is 13.0. The fourth-order valence-electron chi connectivity index (χ4n) is 3.65. The number of rotatable bonds is 6. The minimum Gasteiger partial charge on any atom is -0.494 e. The number of amides is 1. The van der Waals surface area contributed by atoms with E-state index in [4.69, 9.17) is 4.74 Å². The zero-order valence-corrected chi connectivity index (χ0v) is 17.0. The number of anilines is 1. The minimum absolute atomic E-state index is 0.0948. The molecule has 1 aliphatic rings. The van der Waals surface area contributed by atoms with Crippen molar-refractivity contribution < 1.29 is 9.53 Å². The number of carbonyl (C=O) groups is 1. The predicted molar refractivity (Wildman–Crippen MR) is 113 cm³/mol. The zero-order valence-electron chi connectivity index (χ0n) is 17.0. The number of nitrogens with zero attached hydrogens (tertiary/aromatic N) is 1. The van der Waals surface area contributed by atoms with Gasteiger partial charge < -0.3 is 9.64 Å². The number of hydrogen-bond donors (Lipinski definition) is 0. The maximum atomic E-state index is 13.1. The fourth-order valence-corrected chi connectivity index (χ4v) is 3.65. The fraction of sp³-hybridized carbons (Fsp3) is 0.375. The van der Waals surface area contributed by atoms with Gasteiger partial charge in [0, 0.05) is 17.7 Å². The maximum absolute atomic E-state index is 13.1. The highest BCUT2D eigenvalue weighted by atomic mass is 16.5. The number of aryl methyl sites for hydroxylation is 1. The SMILES string of the molecule is CCCN1C(=O)/C(=C\c2cc(C(C)C)c(OCC)cc2C)c2ccccc21. The molecule has 1 amide bonds. The van der Waals surface area contributed by atoms with Gasteiger partial charge in [0.05, 0.1) is 12.3 Å². The molecule has 0 saturated carbocycles. The second kappa shape index (κ2) is 7.99. The Labute approximate surface area is 162 Å². The van der Waals surface area contributed by atoms with Crippen molar-refractivity contribution in [2.24, 2.45) is 0 Å². The summed E-state index contributed by atoms with van der Waals surface area (Å²) in [5, 5.41) is 0. The van der Waals surface area contributed by atoms with Crippen molar-refractivity contribution in [1.82, 2.24) is 0 Å². The summed E-state index contributed by atoms with van der Waals surface area (Å²) in [7, 11) is 0. The lowest BCUT2D eigenvalue weighted by Crippen LogP contribution is -2.26. The molecule has 0 radical (unpaired) electrons. The van der Waals surface area contributed by atoms with Gasteiger partial charge in [0.2, 0.25) is 0 Å². The van der Waals surface area contributed by atoms with E-state index in [9.17, 15) is 4.79 Å². The van der Waals surface area contributed by atoms with E-state index < -0.39 is 0 Å². The standard InChI is InChI=1S/C24H29NO2/c1-6-12-25-22-11-9-8-10-19(22)21(24(25)26)15-18-14-20(16(3)4)23(27-7-2)13-17(18)5/h8-11,13-16H,6-7,12H2,1-5H3/b21-15-. The lowest BCUT2D eigenvalue weighted by Gasteiger charge is -2.16. The molecule has 0 spiro atoms. The lowest BCUT2D eigenvalue weighted by atomic mass is 9.94. The minimum atomic E-state index is 0.0948. The molecule has 0 aromatic heterocycles. The summed E-state index contributed by atoms with van der Waals surface area (Å²) in [6.07, 6.45) is 2.99. The molecule has 27 heavy (non-hydrogen) atoms. The smallest absolute Gasteiger partial charge is 0.258 e. The van der Waals surface area contributed by atoms with Gasteiger partial charge in [0.15, 0.2) is 0 Å². The first-order valence-electron chi connectivity index (χ1n) is 9.88. The van der Waals surface area contributed by atoms with Gasteiger partial charge in [-0.25, -0.2) is 0 Å². The number of fused-ring (bicyclic) bond motifs is 1. The van der Waals surface area contributed by atoms with Crippen LogP contribution in [-0.2, 0) is 4.79 Å². The summed E-state index contributed by atoms with van der Waals surface area (Å²) >= 11 is 0. The maximum Gasteiger partial charge on any atom is 0.258 e. The molecule has 2 aromatic carbocycles. The lowest BCUT2D eigenvalue weighted by molar-refractivity contribution is -0.113. The summed E-state index contributed by atoms with van der Waals surface area (Å²) in [6.45, 7) is 11.9. The zero-order chi connectivity index (χ0) is 19.6. The van der Waals surface area contributed by atoms with Crippen molar-refractivity contribution in [3.05, 3.63) is 58.7 Å². The van der Waals surface area contributed by atoms with Crippen molar-refractivity contribution >= 4 is 23.2 Å². The molecule has 0 atom stereocenters. The first kappa shape index (κ1) is 19.2. The average molecular weight is 364 g/mol. The van der Waals surface area contributed by atoms with Gasteiger partial charge in [0.1, 0.15) is 5.75 Å². The summed E-state index contributed by atoms with van der Waals surface area (Å²) in [4.78, 5) is 15.0. The normalized spacial score (nSPS) is 15.0. The molecule has 3 rings (SSSR count). The van der Waals surface area contributed by atoms with Gasteiger partial charge >= 0.3 is 0 Å². The van der Waals surface area contributed by atoms with Crippen molar-refractivity contribution in [2.45, 2.75) is 47.0 Å². The van der Waals surface area contributed by atoms with Crippen LogP contribution in [0.4, 0.5) is 5.69 Å². The van der Waals surface area contributed by atoms with Crippen LogP contribution in [0.2, 0.25) is 0 Å². The molecule has 1 heterocycles. The molecule has 0 bridgehead atoms. The predicted octanol–water partition coefficient (Wildman–Crippen LogP) is 5.81. The summed E-state index contributed by atoms with van der Waals surface area (Å²) in [5.74, 6) is 1.39. The Hall–Kier alpha value is -2.55. The Morgan fingerprint density at radius 3 is 2.56 bits per heavy atom. The quantitative estimate of drug-likeness (QED) is 0.606. The number of para-hydroxylation sites is 1. The average Bonchev–Trinajstić information content (AvgIpc) is 2.90. The largest absolute Gasteiger partial charge is 0.494 e. The van der Waals surface area contributed by atoms with E-state index in [1.54, 1.807) is 0 Å². The van der Waals surface area contributed by atoms with Crippen LogP contribution in [0.15, 0.2) is 36.4 Å². The third-order valence-electron chi connectivity index (χ3n) is 5.03. The third-order valence-corrected chi connectivity index (χ3v) is 5.03. The van der Waals surface area contributed by atoms with Gasteiger partial charge in [-0.2, -0.15) is 0 Å². The monoisotopic (exact) mass is 363 g/mol. The van der Waals surface area contributed by atoms with E-state index in [0.717, 1.165) is 46.7 Å². The van der Waals surface area contributed by atoms with E-state index in [-0.39, 0.29) is 5.91 Å². The van der Waals surface area contributed by atoms with Gasteiger partial charge in [-0.15, -0.1) is 0 Å². The number of benzene rings is 2. The van der Waals surface area contributed by atoms with Crippen LogP contribution in [0, 0.1) is 6.92 Å². The Morgan fingerprint density at radius 2 is 1.89 bits per heavy atom. The van der Waals surface area contributed by atoms with Crippen LogP contribution in [0.5, 0.6) is 5.75 Å². The van der Waals surface area contributed by atoms with Crippen LogP contribution in [0.3, 0.4) is 0 Å². The first-order valence-corrected chi connectivity index (χ1v) is 9.88. The van der Waals surface area contributed by atoms with Crippen LogP contribution in [0.1, 0.15) is 62.3 Å². The Bertz CT molecular complexity index is 880. The molecule has 0 aliphatic carbocycles. The van der Waals surface area contributed by atoms with Gasteiger partial charge in [0.25, 0.3) is 5.91 Å².